The standard InChI is InChI=1S/C18H28N2O2/c1-13-8-5-6-11-16(13)19-14-9-7-10-15(12-14)20-17(21)22-18(2,3)4/h5-6,8,11,14-15,19H,7,9-10,12H2,1-4H3,(H,20,21). The van der Waals surface area contributed by atoms with Crippen molar-refractivity contribution in [1.29, 1.82) is 0 Å². The Morgan fingerprint density at radius 1 is 1.18 bits per heavy atom. The fourth-order valence-corrected chi connectivity index (χ4v) is 2.88. The van der Waals surface area contributed by atoms with Crippen LogP contribution in [0.5, 0.6) is 0 Å². The Labute approximate surface area is 133 Å². The minimum Gasteiger partial charge on any atom is -0.444 e. The van der Waals surface area contributed by atoms with Crippen molar-refractivity contribution >= 4 is 11.8 Å². The molecule has 1 saturated carbocycles. The highest BCUT2D eigenvalue weighted by Gasteiger charge is 2.25. The molecular formula is C18H28N2O2. The molecule has 2 N–H and O–H groups in total. The largest absolute Gasteiger partial charge is 0.444 e. The van der Waals surface area contributed by atoms with Gasteiger partial charge >= 0.3 is 6.09 Å². The summed E-state index contributed by atoms with van der Waals surface area (Å²) in [5.74, 6) is 0. The summed E-state index contributed by atoms with van der Waals surface area (Å²) in [5.41, 5.74) is 1.99. The Bertz CT molecular complexity index is 508. The summed E-state index contributed by atoms with van der Waals surface area (Å²) in [6, 6.07) is 8.91. The number of amides is 1. The third kappa shape index (κ3) is 5.24. The molecule has 1 aliphatic rings. The number of carbonyl (C=O) groups is 1. The highest BCUT2D eigenvalue weighted by Crippen LogP contribution is 2.24. The van der Waals surface area contributed by atoms with Gasteiger partial charge in [-0.1, -0.05) is 18.2 Å². The smallest absolute Gasteiger partial charge is 0.407 e. The summed E-state index contributed by atoms with van der Waals surface area (Å²) in [4.78, 5) is 11.9. The first-order valence-electron chi connectivity index (χ1n) is 8.15. The predicted octanol–water partition coefficient (Wildman–Crippen LogP) is 4.24. The monoisotopic (exact) mass is 304 g/mol. The van der Waals surface area contributed by atoms with E-state index in [9.17, 15) is 4.79 Å². The van der Waals surface area contributed by atoms with Crippen LogP contribution in [0.2, 0.25) is 0 Å². The zero-order valence-corrected chi connectivity index (χ0v) is 14.1. The number of rotatable bonds is 3. The van der Waals surface area contributed by atoms with Gasteiger partial charge in [-0.15, -0.1) is 0 Å². The highest BCUT2D eigenvalue weighted by atomic mass is 16.6. The highest BCUT2D eigenvalue weighted by molar-refractivity contribution is 5.68. The maximum Gasteiger partial charge on any atom is 0.407 e. The molecule has 2 rings (SSSR count). The number of alkyl carbamates (subject to hydrolysis) is 1. The molecule has 2 atom stereocenters. The number of benzene rings is 1. The molecular weight excluding hydrogens is 276 g/mol. The first-order valence-corrected chi connectivity index (χ1v) is 8.15. The number of carbonyl (C=O) groups excluding carboxylic acids is 1. The van der Waals surface area contributed by atoms with Gasteiger partial charge in [-0.25, -0.2) is 4.79 Å². The fraction of sp³-hybridized carbons (Fsp3) is 0.611. The van der Waals surface area contributed by atoms with Crippen molar-refractivity contribution in [3.8, 4) is 0 Å². The lowest BCUT2D eigenvalue weighted by molar-refractivity contribution is 0.0492. The topological polar surface area (TPSA) is 50.4 Å². The molecule has 1 aromatic carbocycles. The first kappa shape index (κ1) is 16.7. The van der Waals surface area contributed by atoms with Crippen LogP contribution >= 0.6 is 0 Å². The van der Waals surface area contributed by atoms with Crippen LogP contribution in [0.25, 0.3) is 0 Å². The fourth-order valence-electron chi connectivity index (χ4n) is 2.88. The number of aryl methyl sites for hydroxylation is 1. The van der Waals surface area contributed by atoms with Gasteiger partial charge in [-0.2, -0.15) is 0 Å². The summed E-state index contributed by atoms with van der Waals surface area (Å²) < 4.78 is 5.34. The molecule has 4 nitrogen and oxygen atoms in total. The Hall–Kier alpha value is -1.71. The van der Waals surface area contributed by atoms with E-state index in [1.165, 1.54) is 11.3 Å². The van der Waals surface area contributed by atoms with Gasteiger partial charge in [0.2, 0.25) is 0 Å². The van der Waals surface area contributed by atoms with E-state index in [1.807, 2.05) is 26.8 Å². The molecule has 1 fully saturated rings. The predicted molar refractivity (Wildman–Crippen MR) is 90.2 cm³/mol. The van der Waals surface area contributed by atoms with Gasteiger partial charge < -0.3 is 15.4 Å². The van der Waals surface area contributed by atoms with Gasteiger partial charge in [-0.3, -0.25) is 0 Å². The Morgan fingerprint density at radius 3 is 2.55 bits per heavy atom. The van der Waals surface area contributed by atoms with Gasteiger partial charge in [0.1, 0.15) is 5.60 Å². The molecule has 4 heteroatoms. The molecule has 0 saturated heterocycles. The summed E-state index contributed by atoms with van der Waals surface area (Å²) in [5, 5.41) is 6.61. The number of anilines is 1. The first-order chi connectivity index (χ1) is 10.3. The van der Waals surface area contributed by atoms with Crippen molar-refractivity contribution in [2.24, 2.45) is 0 Å². The summed E-state index contributed by atoms with van der Waals surface area (Å²) >= 11 is 0. The Balaban J connectivity index is 1.87. The number of para-hydroxylation sites is 1. The molecule has 122 valence electrons. The third-order valence-corrected chi connectivity index (χ3v) is 3.90. The van der Waals surface area contributed by atoms with E-state index >= 15 is 0 Å². The van der Waals surface area contributed by atoms with E-state index in [1.54, 1.807) is 0 Å². The zero-order chi connectivity index (χ0) is 16.2. The number of nitrogens with one attached hydrogen (secondary N) is 2. The maximum atomic E-state index is 11.9. The van der Waals surface area contributed by atoms with Crippen molar-refractivity contribution < 1.29 is 9.53 Å². The van der Waals surface area contributed by atoms with Crippen molar-refractivity contribution in [2.75, 3.05) is 5.32 Å². The molecule has 1 aromatic rings. The van der Waals surface area contributed by atoms with Crippen molar-refractivity contribution in [3.63, 3.8) is 0 Å². The van der Waals surface area contributed by atoms with Gasteiger partial charge in [0.05, 0.1) is 0 Å². The second kappa shape index (κ2) is 7.03. The van der Waals surface area contributed by atoms with Gasteiger partial charge in [0.25, 0.3) is 0 Å². The van der Waals surface area contributed by atoms with Crippen LogP contribution in [-0.2, 0) is 4.74 Å². The van der Waals surface area contributed by atoms with Gasteiger partial charge in [0, 0.05) is 17.8 Å². The number of ether oxygens (including phenoxy) is 1. The van der Waals surface area contributed by atoms with Crippen LogP contribution < -0.4 is 10.6 Å². The molecule has 1 aliphatic carbocycles. The van der Waals surface area contributed by atoms with Crippen molar-refractivity contribution in [2.45, 2.75) is 71.1 Å². The van der Waals surface area contributed by atoms with Crippen LogP contribution in [0.3, 0.4) is 0 Å². The van der Waals surface area contributed by atoms with Crippen molar-refractivity contribution in [3.05, 3.63) is 29.8 Å². The summed E-state index contributed by atoms with van der Waals surface area (Å²) in [6.07, 6.45) is 3.90. The molecule has 2 unspecified atom stereocenters. The maximum absolute atomic E-state index is 11.9. The quantitative estimate of drug-likeness (QED) is 0.878. The van der Waals surface area contributed by atoms with Crippen LogP contribution in [0.1, 0.15) is 52.0 Å². The van der Waals surface area contributed by atoms with Crippen molar-refractivity contribution in [1.82, 2.24) is 5.32 Å². The molecule has 0 heterocycles. The van der Waals surface area contributed by atoms with E-state index in [0.717, 1.165) is 25.7 Å². The molecule has 0 radical (unpaired) electrons. The zero-order valence-electron chi connectivity index (χ0n) is 14.1. The summed E-state index contributed by atoms with van der Waals surface area (Å²) in [7, 11) is 0. The molecule has 1 amide bonds. The Morgan fingerprint density at radius 2 is 1.86 bits per heavy atom. The lowest BCUT2D eigenvalue weighted by atomic mass is 9.90. The van der Waals surface area contributed by atoms with Gasteiger partial charge in [-0.05, 0) is 65.0 Å². The van der Waals surface area contributed by atoms with E-state index in [2.05, 4.69) is 35.8 Å². The second-order valence-corrected chi connectivity index (χ2v) is 7.17. The molecule has 0 aliphatic heterocycles. The summed E-state index contributed by atoms with van der Waals surface area (Å²) in [6.45, 7) is 7.77. The number of hydrogen-bond donors (Lipinski definition) is 2. The second-order valence-electron chi connectivity index (χ2n) is 7.17. The number of hydrogen-bond acceptors (Lipinski definition) is 3. The lowest BCUT2D eigenvalue weighted by Crippen LogP contribution is -2.43. The average molecular weight is 304 g/mol. The average Bonchev–Trinajstić information content (AvgIpc) is 2.39. The van der Waals surface area contributed by atoms with E-state index < -0.39 is 5.60 Å². The van der Waals surface area contributed by atoms with Crippen LogP contribution in [0, 0.1) is 6.92 Å². The minimum atomic E-state index is -0.447. The molecule has 0 bridgehead atoms. The van der Waals surface area contributed by atoms with Crippen LogP contribution in [0.4, 0.5) is 10.5 Å². The van der Waals surface area contributed by atoms with Crippen LogP contribution in [-0.4, -0.2) is 23.8 Å². The van der Waals surface area contributed by atoms with Crippen LogP contribution in [0.15, 0.2) is 24.3 Å². The molecule has 0 aromatic heterocycles. The Kier molecular flexibility index (Phi) is 5.33. The lowest BCUT2D eigenvalue weighted by Gasteiger charge is -2.32. The van der Waals surface area contributed by atoms with E-state index in [0.29, 0.717) is 6.04 Å². The van der Waals surface area contributed by atoms with E-state index in [-0.39, 0.29) is 12.1 Å². The SMILES string of the molecule is Cc1ccccc1NC1CCCC(NC(=O)OC(C)(C)C)C1. The third-order valence-electron chi connectivity index (χ3n) is 3.90. The minimum absolute atomic E-state index is 0.185. The van der Waals surface area contributed by atoms with Gasteiger partial charge in [0.15, 0.2) is 0 Å². The van der Waals surface area contributed by atoms with E-state index in [4.69, 9.17) is 4.74 Å². The molecule has 0 spiro atoms. The molecule has 22 heavy (non-hydrogen) atoms. The normalized spacial score (nSPS) is 22.0.